The van der Waals surface area contributed by atoms with Crippen LogP contribution in [0, 0.1) is 12.8 Å². The number of nitrogens with zero attached hydrogens (tertiary/aromatic N) is 1. The van der Waals surface area contributed by atoms with Gasteiger partial charge in [-0.15, -0.1) is 11.3 Å². The van der Waals surface area contributed by atoms with E-state index >= 15 is 0 Å². The Labute approximate surface area is 203 Å². The van der Waals surface area contributed by atoms with Gasteiger partial charge in [-0.3, -0.25) is 4.79 Å². The number of piperidine rings is 1. The predicted molar refractivity (Wildman–Crippen MR) is 135 cm³/mol. The van der Waals surface area contributed by atoms with Gasteiger partial charge in [-0.05, 0) is 61.0 Å². The van der Waals surface area contributed by atoms with E-state index in [0.717, 1.165) is 5.56 Å². The van der Waals surface area contributed by atoms with Crippen LogP contribution < -0.4 is 16.0 Å². The molecule has 1 aliphatic heterocycles. The molecule has 0 spiro atoms. The van der Waals surface area contributed by atoms with Crippen molar-refractivity contribution in [3.05, 3.63) is 71.6 Å². The summed E-state index contributed by atoms with van der Waals surface area (Å²) in [5.41, 5.74) is 2.69. The Morgan fingerprint density at radius 1 is 0.912 bits per heavy atom. The molecule has 2 aromatic carbocycles. The van der Waals surface area contributed by atoms with Crippen LogP contribution in [0.5, 0.6) is 0 Å². The lowest BCUT2D eigenvalue weighted by molar-refractivity contribution is -0.120. The van der Waals surface area contributed by atoms with Crippen LogP contribution in [0.1, 0.15) is 18.4 Å². The van der Waals surface area contributed by atoms with E-state index in [1.165, 1.54) is 15.6 Å². The van der Waals surface area contributed by atoms with Gasteiger partial charge in [0.05, 0.1) is 0 Å². The Morgan fingerprint density at radius 2 is 1.62 bits per heavy atom. The molecule has 0 atom stereocenters. The fraction of sp³-hybridized carbons (Fsp3) is 0.250. The minimum absolute atomic E-state index is 0.151. The molecule has 0 saturated carbocycles. The van der Waals surface area contributed by atoms with Crippen LogP contribution >= 0.6 is 11.3 Å². The van der Waals surface area contributed by atoms with E-state index in [-0.39, 0.29) is 17.9 Å². The van der Waals surface area contributed by atoms with Crippen molar-refractivity contribution in [3.63, 3.8) is 0 Å². The molecule has 3 aromatic rings. The van der Waals surface area contributed by atoms with Crippen molar-refractivity contribution in [1.29, 1.82) is 0 Å². The van der Waals surface area contributed by atoms with Crippen molar-refractivity contribution >= 4 is 50.4 Å². The molecular formula is C24H26N4O4S2. The number of sulfonamides is 1. The smallest absolute Gasteiger partial charge is 0.323 e. The maximum Gasteiger partial charge on any atom is 0.323 e. The quantitative estimate of drug-likeness (QED) is 0.456. The fourth-order valence-corrected chi connectivity index (χ4v) is 6.39. The van der Waals surface area contributed by atoms with Crippen LogP contribution in [0.4, 0.5) is 21.9 Å². The zero-order chi connectivity index (χ0) is 24.1. The molecule has 0 radical (unpaired) electrons. The minimum atomic E-state index is -3.50. The Hall–Kier alpha value is -3.21. The number of amides is 3. The van der Waals surface area contributed by atoms with Gasteiger partial charge >= 0.3 is 6.03 Å². The third-order valence-electron chi connectivity index (χ3n) is 5.70. The third kappa shape index (κ3) is 5.64. The maximum absolute atomic E-state index is 12.9. The van der Waals surface area contributed by atoms with Gasteiger partial charge in [0.1, 0.15) is 4.21 Å². The van der Waals surface area contributed by atoms with E-state index in [4.69, 9.17) is 0 Å². The van der Waals surface area contributed by atoms with E-state index < -0.39 is 10.0 Å². The second-order valence-electron chi connectivity index (χ2n) is 8.07. The molecule has 34 heavy (non-hydrogen) atoms. The highest BCUT2D eigenvalue weighted by Crippen LogP contribution is 2.28. The molecule has 1 aromatic heterocycles. The average molecular weight is 499 g/mol. The SMILES string of the molecule is Cc1ccc(NC(=O)Nc2ccccc2)cc1NC(=O)C1CCN(S(=O)(=O)c2cccs2)CC1. The normalized spacial score (nSPS) is 15.0. The summed E-state index contributed by atoms with van der Waals surface area (Å²) in [6, 6.07) is 17.3. The van der Waals surface area contributed by atoms with E-state index in [9.17, 15) is 18.0 Å². The summed E-state index contributed by atoms with van der Waals surface area (Å²) in [5.74, 6) is -0.436. The number of benzene rings is 2. The van der Waals surface area contributed by atoms with Gasteiger partial charge in [0.25, 0.3) is 10.0 Å². The molecule has 3 amide bonds. The lowest BCUT2D eigenvalue weighted by Crippen LogP contribution is -2.41. The van der Waals surface area contributed by atoms with E-state index in [0.29, 0.717) is 47.2 Å². The number of thiophene rings is 1. The van der Waals surface area contributed by atoms with Gasteiger partial charge in [-0.1, -0.05) is 30.3 Å². The highest BCUT2D eigenvalue weighted by molar-refractivity contribution is 7.91. The summed E-state index contributed by atoms with van der Waals surface area (Å²) in [7, 11) is -3.50. The second kappa shape index (κ2) is 10.4. The highest BCUT2D eigenvalue weighted by Gasteiger charge is 2.32. The van der Waals surface area contributed by atoms with E-state index in [1.54, 1.807) is 41.8 Å². The monoisotopic (exact) mass is 498 g/mol. The number of aryl methyl sites for hydroxylation is 1. The molecule has 2 heterocycles. The summed E-state index contributed by atoms with van der Waals surface area (Å²) >= 11 is 1.20. The largest absolute Gasteiger partial charge is 0.326 e. The van der Waals surface area contributed by atoms with Crippen molar-refractivity contribution in [3.8, 4) is 0 Å². The fourth-order valence-electron chi connectivity index (χ4n) is 3.78. The first-order valence-corrected chi connectivity index (χ1v) is 13.2. The van der Waals surface area contributed by atoms with Crippen LogP contribution in [0.3, 0.4) is 0 Å². The van der Waals surface area contributed by atoms with Gasteiger partial charge in [0.2, 0.25) is 5.91 Å². The van der Waals surface area contributed by atoms with Crippen LogP contribution in [-0.2, 0) is 14.8 Å². The zero-order valence-corrected chi connectivity index (χ0v) is 20.3. The van der Waals surface area contributed by atoms with Crippen LogP contribution in [-0.4, -0.2) is 37.8 Å². The van der Waals surface area contributed by atoms with E-state index in [1.807, 2.05) is 31.2 Å². The number of nitrogens with one attached hydrogen (secondary N) is 3. The number of carbonyl (C=O) groups is 2. The second-order valence-corrected chi connectivity index (χ2v) is 11.2. The minimum Gasteiger partial charge on any atom is -0.326 e. The number of para-hydroxylation sites is 1. The summed E-state index contributed by atoms with van der Waals surface area (Å²) in [6.07, 6.45) is 0.903. The molecule has 3 N–H and O–H groups in total. The summed E-state index contributed by atoms with van der Waals surface area (Å²) < 4.78 is 27.2. The van der Waals surface area contributed by atoms with Crippen LogP contribution in [0.25, 0.3) is 0 Å². The average Bonchev–Trinajstić information content (AvgIpc) is 3.38. The lowest BCUT2D eigenvalue weighted by Gasteiger charge is -2.30. The van der Waals surface area contributed by atoms with Gasteiger partial charge in [0, 0.05) is 36.1 Å². The Bertz CT molecular complexity index is 1250. The topological polar surface area (TPSA) is 108 Å². The highest BCUT2D eigenvalue weighted by atomic mass is 32.2. The molecule has 178 valence electrons. The maximum atomic E-state index is 12.9. The third-order valence-corrected chi connectivity index (χ3v) is 8.97. The summed E-state index contributed by atoms with van der Waals surface area (Å²) in [4.78, 5) is 25.2. The van der Waals surface area contributed by atoms with Gasteiger partial charge < -0.3 is 16.0 Å². The molecule has 10 heteroatoms. The molecule has 0 unspecified atom stereocenters. The van der Waals surface area contributed by atoms with Crippen molar-refractivity contribution in [1.82, 2.24) is 4.31 Å². The van der Waals surface area contributed by atoms with Gasteiger partial charge in [-0.25, -0.2) is 13.2 Å². The number of urea groups is 1. The summed E-state index contributed by atoms with van der Waals surface area (Å²) in [6.45, 7) is 2.48. The standard InChI is InChI=1S/C24H26N4O4S2/c1-17-9-10-20(26-24(30)25-19-6-3-2-4-7-19)16-21(17)27-23(29)18-11-13-28(14-12-18)34(31,32)22-8-5-15-33-22/h2-10,15-16,18H,11-14H2,1H3,(H,27,29)(H2,25,26,30). The van der Waals surface area contributed by atoms with Gasteiger partial charge in [0.15, 0.2) is 0 Å². The number of rotatable bonds is 6. The molecule has 0 bridgehead atoms. The molecule has 1 aliphatic rings. The van der Waals surface area contributed by atoms with Crippen LogP contribution in [0.15, 0.2) is 70.3 Å². The van der Waals surface area contributed by atoms with Crippen LogP contribution in [0.2, 0.25) is 0 Å². The Morgan fingerprint density at radius 3 is 2.29 bits per heavy atom. The number of hydrogen-bond acceptors (Lipinski definition) is 5. The number of carbonyl (C=O) groups excluding carboxylic acids is 2. The predicted octanol–water partition coefficient (Wildman–Crippen LogP) is 4.74. The zero-order valence-electron chi connectivity index (χ0n) is 18.7. The first kappa shape index (κ1) is 23.9. The first-order chi connectivity index (χ1) is 16.3. The van der Waals surface area contributed by atoms with Gasteiger partial charge in [-0.2, -0.15) is 4.31 Å². The number of anilines is 3. The van der Waals surface area contributed by atoms with Crippen molar-refractivity contribution < 1.29 is 18.0 Å². The molecule has 0 aliphatic carbocycles. The Kier molecular flexibility index (Phi) is 7.30. The van der Waals surface area contributed by atoms with E-state index in [2.05, 4.69) is 16.0 Å². The summed E-state index contributed by atoms with van der Waals surface area (Å²) in [5, 5.41) is 10.2. The lowest BCUT2D eigenvalue weighted by atomic mass is 9.97. The number of hydrogen-bond donors (Lipinski definition) is 3. The Balaban J connectivity index is 1.34. The molecular weight excluding hydrogens is 472 g/mol. The molecule has 4 rings (SSSR count). The van der Waals surface area contributed by atoms with Crippen molar-refractivity contribution in [2.45, 2.75) is 24.0 Å². The first-order valence-electron chi connectivity index (χ1n) is 10.9. The molecule has 8 nitrogen and oxygen atoms in total. The molecule has 1 saturated heterocycles. The van der Waals surface area contributed by atoms with Crippen molar-refractivity contribution in [2.24, 2.45) is 5.92 Å². The van der Waals surface area contributed by atoms with Crippen molar-refractivity contribution in [2.75, 3.05) is 29.0 Å². The molecule has 1 fully saturated rings.